The highest BCUT2D eigenvalue weighted by Gasteiger charge is 2.17. The van der Waals surface area contributed by atoms with E-state index in [-0.39, 0.29) is 0 Å². The van der Waals surface area contributed by atoms with Crippen LogP contribution in [-0.2, 0) is 6.54 Å². The maximum Gasteiger partial charge on any atom is 0.0527 e. The molecule has 0 aliphatic carbocycles. The SMILES string of the molecule is C=C/C1=C(\C=C/C)N(C(C)C)Cc2ccccc2C#C1. The molecule has 0 amide bonds. The molecule has 0 unspecified atom stereocenters. The standard InChI is InChI=1S/C19H21N/c1-5-9-19-16(6-2)12-13-17-10-7-8-11-18(17)14-20(19)15(3)4/h5-11,15H,2,14H2,1,3-4H3/b9-5-,19-16-. The largest absolute Gasteiger partial charge is 0.364 e. The van der Waals surface area contributed by atoms with Crippen LogP contribution in [0.15, 0.2) is 60.3 Å². The van der Waals surface area contributed by atoms with Crippen LogP contribution in [0.1, 0.15) is 31.9 Å². The topological polar surface area (TPSA) is 3.24 Å². The maximum absolute atomic E-state index is 3.92. The molecule has 1 heterocycles. The van der Waals surface area contributed by atoms with Crippen LogP contribution >= 0.6 is 0 Å². The van der Waals surface area contributed by atoms with Crippen LogP contribution in [0.5, 0.6) is 0 Å². The third-order valence-corrected chi connectivity index (χ3v) is 3.43. The molecule has 0 saturated carbocycles. The molecule has 1 heteroatoms. The summed E-state index contributed by atoms with van der Waals surface area (Å²) in [5.41, 5.74) is 4.53. The first-order chi connectivity index (χ1) is 9.67. The smallest absolute Gasteiger partial charge is 0.0527 e. The van der Waals surface area contributed by atoms with Crippen LogP contribution in [0.4, 0.5) is 0 Å². The maximum atomic E-state index is 3.92. The monoisotopic (exact) mass is 263 g/mol. The number of nitrogens with zero attached hydrogens (tertiary/aromatic N) is 1. The van der Waals surface area contributed by atoms with Crippen molar-refractivity contribution in [2.45, 2.75) is 33.4 Å². The van der Waals surface area contributed by atoms with Crippen LogP contribution in [0, 0.1) is 11.8 Å². The first-order valence-electron chi connectivity index (χ1n) is 7.03. The molecule has 0 radical (unpaired) electrons. The normalized spacial score (nSPS) is 18.3. The van der Waals surface area contributed by atoms with E-state index in [2.05, 4.69) is 67.5 Å². The minimum absolute atomic E-state index is 0.407. The van der Waals surface area contributed by atoms with Crippen molar-refractivity contribution in [1.82, 2.24) is 4.90 Å². The number of rotatable bonds is 3. The van der Waals surface area contributed by atoms with Crippen molar-refractivity contribution in [3.63, 3.8) is 0 Å². The summed E-state index contributed by atoms with van der Waals surface area (Å²) in [4.78, 5) is 2.38. The summed E-state index contributed by atoms with van der Waals surface area (Å²) in [5, 5.41) is 0. The van der Waals surface area contributed by atoms with E-state index in [9.17, 15) is 0 Å². The molecule has 0 fully saturated rings. The van der Waals surface area contributed by atoms with Crippen molar-refractivity contribution in [2.75, 3.05) is 0 Å². The van der Waals surface area contributed by atoms with Crippen LogP contribution < -0.4 is 0 Å². The van der Waals surface area contributed by atoms with Gasteiger partial charge in [0.05, 0.1) is 5.70 Å². The third kappa shape index (κ3) is 2.86. The Hall–Kier alpha value is -2.20. The van der Waals surface area contributed by atoms with E-state index in [0.717, 1.165) is 23.4 Å². The highest BCUT2D eigenvalue weighted by Crippen LogP contribution is 2.23. The molecule has 0 spiro atoms. The van der Waals surface area contributed by atoms with Gasteiger partial charge in [0.1, 0.15) is 0 Å². The Morgan fingerprint density at radius 2 is 2.00 bits per heavy atom. The lowest BCUT2D eigenvalue weighted by molar-refractivity contribution is 0.283. The molecule has 20 heavy (non-hydrogen) atoms. The van der Waals surface area contributed by atoms with Crippen LogP contribution in [0.25, 0.3) is 0 Å². The molecule has 2 rings (SSSR count). The lowest BCUT2D eigenvalue weighted by Gasteiger charge is -2.32. The quantitative estimate of drug-likeness (QED) is 0.736. The van der Waals surface area contributed by atoms with Gasteiger partial charge in [-0.15, -0.1) is 0 Å². The zero-order chi connectivity index (χ0) is 14.5. The molecule has 1 aromatic rings. The molecule has 0 N–H and O–H groups in total. The van der Waals surface area contributed by atoms with Gasteiger partial charge in [0.15, 0.2) is 0 Å². The second kappa shape index (κ2) is 6.30. The van der Waals surface area contributed by atoms with Crippen LogP contribution in [-0.4, -0.2) is 10.9 Å². The number of hydrogen-bond donors (Lipinski definition) is 0. The summed E-state index contributed by atoms with van der Waals surface area (Å²) in [6.45, 7) is 11.2. The fourth-order valence-corrected chi connectivity index (χ4v) is 2.36. The lowest BCUT2D eigenvalue weighted by Crippen LogP contribution is -2.30. The van der Waals surface area contributed by atoms with E-state index in [0.29, 0.717) is 6.04 Å². The van der Waals surface area contributed by atoms with Gasteiger partial charge >= 0.3 is 0 Å². The van der Waals surface area contributed by atoms with Gasteiger partial charge in [0.2, 0.25) is 0 Å². The molecular formula is C19H21N. The highest BCUT2D eigenvalue weighted by molar-refractivity contribution is 5.52. The van der Waals surface area contributed by atoms with Crippen LogP contribution in [0.2, 0.25) is 0 Å². The fraction of sp³-hybridized carbons (Fsp3) is 0.263. The molecule has 102 valence electrons. The molecule has 0 saturated heterocycles. The van der Waals surface area contributed by atoms with Gasteiger partial charge < -0.3 is 4.90 Å². The number of hydrogen-bond acceptors (Lipinski definition) is 1. The average molecular weight is 263 g/mol. The van der Waals surface area contributed by atoms with Crippen molar-refractivity contribution in [3.8, 4) is 11.8 Å². The first kappa shape index (κ1) is 14.2. The number of allylic oxidation sites excluding steroid dienone is 4. The molecule has 0 bridgehead atoms. The van der Waals surface area contributed by atoms with Gasteiger partial charge in [-0.2, -0.15) is 0 Å². The lowest BCUT2D eigenvalue weighted by atomic mass is 10.0. The molecule has 0 atom stereocenters. The number of fused-ring (bicyclic) bond motifs is 1. The highest BCUT2D eigenvalue weighted by atomic mass is 15.2. The van der Waals surface area contributed by atoms with Gasteiger partial charge in [-0.05, 0) is 38.5 Å². The van der Waals surface area contributed by atoms with Crippen molar-refractivity contribution in [1.29, 1.82) is 0 Å². The third-order valence-electron chi connectivity index (χ3n) is 3.43. The number of benzene rings is 1. The summed E-state index contributed by atoms with van der Waals surface area (Å²) in [6, 6.07) is 8.77. The zero-order valence-corrected chi connectivity index (χ0v) is 12.5. The van der Waals surface area contributed by atoms with Gasteiger partial charge in [-0.3, -0.25) is 0 Å². The van der Waals surface area contributed by atoms with Crippen molar-refractivity contribution in [2.24, 2.45) is 0 Å². The van der Waals surface area contributed by atoms with Crippen molar-refractivity contribution in [3.05, 3.63) is 71.5 Å². The Bertz CT molecular complexity index is 621. The van der Waals surface area contributed by atoms with Gasteiger partial charge in [-0.25, -0.2) is 0 Å². The predicted molar refractivity (Wildman–Crippen MR) is 86.0 cm³/mol. The van der Waals surface area contributed by atoms with Crippen molar-refractivity contribution >= 4 is 0 Å². The minimum atomic E-state index is 0.407. The average Bonchev–Trinajstić information content (AvgIpc) is 2.43. The second-order valence-corrected chi connectivity index (χ2v) is 5.13. The molecule has 0 aromatic heterocycles. The van der Waals surface area contributed by atoms with E-state index < -0.39 is 0 Å². The van der Waals surface area contributed by atoms with E-state index in [4.69, 9.17) is 0 Å². The van der Waals surface area contributed by atoms with E-state index in [1.54, 1.807) is 0 Å². The molecule has 1 nitrogen and oxygen atoms in total. The van der Waals surface area contributed by atoms with Gasteiger partial charge in [0, 0.05) is 23.7 Å². The molecule has 1 aliphatic heterocycles. The van der Waals surface area contributed by atoms with E-state index in [1.165, 1.54) is 5.56 Å². The molecule has 1 aromatic carbocycles. The fourth-order valence-electron chi connectivity index (χ4n) is 2.36. The minimum Gasteiger partial charge on any atom is -0.364 e. The Morgan fingerprint density at radius 3 is 2.65 bits per heavy atom. The summed E-state index contributed by atoms with van der Waals surface area (Å²) in [7, 11) is 0. The Morgan fingerprint density at radius 1 is 1.25 bits per heavy atom. The molecular weight excluding hydrogens is 242 g/mol. The van der Waals surface area contributed by atoms with Gasteiger partial charge in [0.25, 0.3) is 0 Å². The van der Waals surface area contributed by atoms with Crippen LogP contribution in [0.3, 0.4) is 0 Å². The Labute approximate surface area is 122 Å². The summed E-state index contributed by atoms with van der Waals surface area (Å²) in [5.74, 6) is 6.54. The van der Waals surface area contributed by atoms with Gasteiger partial charge in [-0.1, -0.05) is 48.8 Å². The van der Waals surface area contributed by atoms with E-state index >= 15 is 0 Å². The first-order valence-corrected chi connectivity index (χ1v) is 7.03. The summed E-state index contributed by atoms with van der Waals surface area (Å²) >= 11 is 0. The Balaban J connectivity index is 2.64. The zero-order valence-electron chi connectivity index (χ0n) is 12.5. The van der Waals surface area contributed by atoms with E-state index in [1.807, 2.05) is 19.1 Å². The second-order valence-electron chi connectivity index (χ2n) is 5.13. The Kier molecular flexibility index (Phi) is 4.48. The summed E-state index contributed by atoms with van der Waals surface area (Å²) < 4.78 is 0. The summed E-state index contributed by atoms with van der Waals surface area (Å²) in [6.07, 6.45) is 6.04. The predicted octanol–water partition coefficient (Wildman–Crippen LogP) is 4.28. The van der Waals surface area contributed by atoms with Crippen molar-refractivity contribution < 1.29 is 0 Å². The molecule has 1 aliphatic rings.